The standard InChI is InChI=1S/C24H33N9O2/c25-19(34)7-3-4-10-26-24-30-22(21-23(31-24)33(16-28-21)18-5-1-2-6-18)29-17-8-9-20(27-15-17)32-11-13-35-14-12-32/h8-9,15-16,18H,1-7,10-14H2,(H2,25,34)(H2,26,29,30,31). The Hall–Kier alpha value is -3.47. The summed E-state index contributed by atoms with van der Waals surface area (Å²) < 4.78 is 7.62. The number of hydrogen-bond donors (Lipinski definition) is 3. The summed E-state index contributed by atoms with van der Waals surface area (Å²) in [5.41, 5.74) is 7.65. The molecule has 11 heteroatoms. The van der Waals surface area contributed by atoms with Gasteiger partial charge in [-0.1, -0.05) is 12.8 Å². The van der Waals surface area contributed by atoms with Crippen LogP contribution in [0.15, 0.2) is 24.7 Å². The zero-order chi connectivity index (χ0) is 24.0. The molecule has 1 aliphatic carbocycles. The molecule has 4 heterocycles. The van der Waals surface area contributed by atoms with Gasteiger partial charge in [-0.25, -0.2) is 9.97 Å². The maximum Gasteiger partial charge on any atom is 0.226 e. The number of hydrogen-bond acceptors (Lipinski definition) is 9. The van der Waals surface area contributed by atoms with Gasteiger partial charge in [-0.3, -0.25) is 4.79 Å². The first-order valence-electron chi connectivity index (χ1n) is 12.5. The fourth-order valence-electron chi connectivity index (χ4n) is 4.73. The normalized spacial score (nSPS) is 16.6. The second kappa shape index (κ2) is 10.9. The Morgan fingerprint density at radius 1 is 1.11 bits per heavy atom. The minimum absolute atomic E-state index is 0.275. The molecule has 0 unspecified atom stereocenters. The number of nitrogens with zero attached hydrogens (tertiary/aromatic N) is 6. The molecule has 1 aliphatic heterocycles. The van der Waals surface area contributed by atoms with Crippen LogP contribution >= 0.6 is 0 Å². The highest BCUT2D eigenvalue weighted by molar-refractivity contribution is 5.86. The maximum atomic E-state index is 11.0. The van der Waals surface area contributed by atoms with Gasteiger partial charge in [0.05, 0.1) is 31.4 Å². The Morgan fingerprint density at radius 3 is 2.69 bits per heavy atom. The van der Waals surface area contributed by atoms with Crippen LogP contribution in [0.2, 0.25) is 0 Å². The van der Waals surface area contributed by atoms with Gasteiger partial charge >= 0.3 is 0 Å². The van der Waals surface area contributed by atoms with Gasteiger partial charge in [0.1, 0.15) is 5.82 Å². The zero-order valence-electron chi connectivity index (χ0n) is 19.9. The van der Waals surface area contributed by atoms with Crippen molar-refractivity contribution >= 4 is 40.3 Å². The molecule has 2 aliphatic rings. The number of unbranched alkanes of at least 4 members (excludes halogenated alkanes) is 1. The van der Waals surface area contributed by atoms with Crippen LogP contribution in [0.1, 0.15) is 51.0 Å². The molecule has 0 spiro atoms. The van der Waals surface area contributed by atoms with Gasteiger partial charge in [-0.2, -0.15) is 9.97 Å². The minimum Gasteiger partial charge on any atom is -0.378 e. The Labute approximate surface area is 204 Å². The number of morpholine rings is 1. The number of rotatable bonds is 10. The van der Waals surface area contributed by atoms with Crippen molar-refractivity contribution in [2.24, 2.45) is 5.73 Å². The van der Waals surface area contributed by atoms with E-state index in [1.54, 1.807) is 0 Å². The van der Waals surface area contributed by atoms with Gasteiger partial charge in [0.2, 0.25) is 11.9 Å². The number of ether oxygens (including phenoxy) is 1. The molecule has 0 radical (unpaired) electrons. The van der Waals surface area contributed by atoms with Crippen LogP contribution in [0.5, 0.6) is 0 Å². The first kappa shape index (κ1) is 23.3. The summed E-state index contributed by atoms with van der Waals surface area (Å²) in [5, 5.41) is 6.71. The summed E-state index contributed by atoms with van der Waals surface area (Å²) in [7, 11) is 0. The van der Waals surface area contributed by atoms with E-state index in [0.717, 1.165) is 74.7 Å². The number of pyridine rings is 1. The second-order valence-electron chi connectivity index (χ2n) is 9.14. The van der Waals surface area contributed by atoms with E-state index in [9.17, 15) is 4.79 Å². The van der Waals surface area contributed by atoms with Crippen molar-refractivity contribution in [1.29, 1.82) is 0 Å². The predicted molar refractivity (Wildman–Crippen MR) is 135 cm³/mol. The molecule has 0 bridgehead atoms. The van der Waals surface area contributed by atoms with Crippen LogP contribution in [-0.2, 0) is 9.53 Å². The lowest BCUT2D eigenvalue weighted by atomic mass is 10.2. The third kappa shape index (κ3) is 5.61. The minimum atomic E-state index is -0.275. The van der Waals surface area contributed by atoms with Gasteiger partial charge in [0.25, 0.3) is 0 Å². The number of anilines is 4. The number of nitrogens with one attached hydrogen (secondary N) is 2. The van der Waals surface area contributed by atoms with Gasteiger partial charge in [-0.05, 0) is 37.8 Å². The highest BCUT2D eigenvalue weighted by Gasteiger charge is 2.22. The molecule has 5 rings (SSSR count). The van der Waals surface area contributed by atoms with E-state index in [2.05, 4.69) is 30.1 Å². The monoisotopic (exact) mass is 479 g/mol. The van der Waals surface area contributed by atoms with E-state index in [1.807, 2.05) is 24.7 Å². The van der Waals surface area contributed by atoms with E-state index < -0.39 is 0 Å². The molecule has 0 aromatic carbocycles. The number of imidazole rings is 1. The van der Waals surface area contributed by atoms with Crippen molar-refractivity contribution in [2.75, 3.05) is 48.4 Å². The number of carbonyl (C=O) groups excluding carboxylic acids is 1. The first-order chi connectivity index (χ1) is 17.2. The smallest absolute Gasteiger partial charge is 0.226 e. The van der Waals surface area contributed by atoms with Gasteiger partial charge in [0.15, 0.2) is 17.0 Å². The third-order valence-corrected chi connectivity index (χ3v) is 6.62. The van der Waals surface area contributed by atoms with Crippen molar-refractivity contribution in [3.8, 4) is 0 Å². The quantitative estimate of drug-likeness (QED) is 0.375. The lowest BCUT2D eigenvalue weighted by Crippen LogP contribution is -2.36. The molecular formula is C24H33N9O2. The SMILES string of the molecule is NC(=O)CCCCNc1nc(Nc2ccc(N3CCOCC3)nc2)c2ncn(C3CCCC3)c2n1. The molecule has 4 N–H and O–H groups in total. The Kier molecular flexibility index (Phi) is 7.22. The Morgan fingerprint density at radius 2 is 1.94 bits per heavy atom. The van der Waals surface area contributed by atoms with Crippen LogP contribution in [0.3, 0.4) is 0 Å². The van der Waals surface area contributed by atoms with E-state index in [0.29, 0.717) is 30.8 Å². The van der Waals surface area contributed by atoms with Crippen molar-refractivity contribution in [1.82, 2.24) is 24.5 Å². The van der Waals surface area contributed by atoms with Crippen molar-refractivity contribution in [2.45, 2.75) is 51.0 Å². The molecule has 0 atom stereocenters. The number of fused-ring (bicyclic) bond motifs is 1. The molecule has 186 valence electrons. The summed E-state index contributed by atoms with van der Waals surface area (Å²) in [6.07, 6.45) is 10.4. The molecule has 2 fully saturated rings. The largest absolute Gasteiger partial charge is 0.378 e. The van der Waals surface area contributed by atoms with Crippen LogP contribution in [0.25, 0.3) is 11.2 Å². The van der Waals surface area contributed by atoms with Crippen LogP contribution in [-0.4, -0.2) is 63.3 Å². The fraction of sp³-hybridized carbons (Fsp3) is 0.542. The maximum absolute atomic E-state index is 11.0. The molecule has 1 saturated heterocycles. The fourth-order valence-corrected chi connectivity index (χ4v) is 4.73. The Bertz CT molecular complexity index is 1140. The highest BCUT2D eigenvalue weighted by Crippen LogP contribution is 2.33. The number of carbonyl (C=O) groups is 1. The highest BCUT2D eigenvalue weighted by atomic mass is 16.5. The summed E-state index contributed by atoms with van der Waals surface area (Å²) in [6, 6.07) is 4.44. The van der Waals surface area contributed by atoms with Crippen molar-refractivity contribution in [3.63, 3.8) is 0 Å². The molecule has 1 amide bonds. The van der Waals surface area contributed by atoms with Gasteiger partial charge in [-0.15, -0.1) is 0 Å². The molecule has 3 aromatic heterocycles. The van der Waals surface area contributed by atoms with Crippen LogP contribution < -0.4 is 21.3 Å². The molecular weight excluding hydrogens is 446 g/mol. The summed E-state index contributed by atoms with van der Waals surface area (Å²) in [4.78, 5) is 32.1. The molecule has 11 nitrogen and oxygen atoms in total. The average molecular weight is 480 g/mol. The summed E-state index contributed by atoms with van der Waals surface area (Å²) in [5.74, 6) is 1.85. The Balaban J connectivity index is 1.36. The number of primary amides is 1. The molecule has 1 saturated carbocycles. The van der Waals surface area contributed by atoms with E-state index in [-0.39, 0.29) is 5.91 Å². The van der Waals surface area contributed by atoms with Crippen LogP contribution in [0.4, 0.5) is 23.3 Å². The first-order valence-corrected chi connectivity index (χ1v) is 12.5. The van der Waals surface area contributed by atoms with Gasteiger partial charge in [0, 0.05) is 32.1 Å². The lowest BCUT2D eigenvalue weighted by molar-refractivity contribution is -0.118. The average Bonchev–Trinajstić information content (AvgIpc) is 3.55. The lowest BCUT2D eigenvalue weighted by Gasteiger charge is -2.27. The topological polar surface area (TPSA) is 136 Å². The third-order valence-electron chi connectivity index (χ3n) is 6.62. The predicted octanol–water partition coefficient (Wildman–Crippen LogP) is 2.98. The summed E-state index contributed by atoms with van der Waals surface area (Å²) in [6.45, 7) is 3.80. The van der Waals surface area contributed by atoms with Crippen molar-refractivity contribution in [3.05, 3.63) is 24.7 Å². The number of amides is 1. The number of aromatic nitrogens is 5. The molecule has 35 heavy (non-hydrogen) atoms. The number of nitrogens with two attached hydrogens (primary N) is 1. The van der Waals surface area contributed by atoms with Crippen LogP contribution in [0, 0.1) is 0 Å². The van der Waals surface area contributed by atoms with E-state index in [1.165, 1.54) is 12.8 Å². The van der Waals surface area contributed by atoms with E-state index in [4.69, 9.17) is 20.4 Å². The van der Waals surface area contributed by atoms with E-state index >= 15 is 0 Å². The molecule has 3 aromatic rings. The second-order valence-corrected chi connectivity index (χ2v) is 9.14. The van der Waals surface area contributed by atoms with Crippen molar-refractivity contribution < 1.29 is 9.53 Å². The summed E-state index contributed by atoms with van der Waals surface area (Å²) >= 11 is 0. The van der Waals surface area contributed by atoms with Gasteiger partial charge < -0.3 is 30.6 Å². The zero-order valence-corrected chi connectivity index (χ0v) is 19.9.